The van der Waals surface area contributed by atoms with Gasteiger partial charge in [-0.3, -0.25) is 4.90 Å². The number of benzene rings is 2. The summed E-state index contributed by atoms with van der Waals surface area (Å²) in [7, 11) is 2.34. The zero-order valence-corrected chi connectivity index (χ0v) is 14.5. The lowest BCUT2D eigenvalue weighted by atomic mass is 9.72. The summed E-state index contributed by atoms with van der Waals surface area (Å²) in [5, 5.41) is 0. The molecule has 120 valence electrons. The molecule has 2 fully saturated rings. The minimum atomic E-state index is 0.627. The number of hydrogen-bond acceptors (Lipinski definition) is 1. The van der Waals surface area contributed by atoms with Gasteiger partial charge in [0.25, 0.3) is 0 Å². The van der Waals surface area contributed by atoms with Crippen LogP contribution in [0.15, 0.2) is 48.5 Å². The molecule has 2 saturated heterocycles. The second-order valence-electron chi connectivity index (χ2n) is 7.65. The van der Waals surface area contributed by atoms with Gasteiger partial charge in [-0.1, -0.05) is 59.7 Å². The van der Waals surface area contributed by atoms with Crippen LogP contribution in [0, 0.1) is 13.8 Å². The van der Waals surface area contributed by atoms with Crippen LogP contribution in [0.3, 0.4) is 0 Å². The van der Waals surface area contributed by atoms with Crippen molar-refractivity contribution in [2.45, 2.75) is 57.0 Å². The maximum atomic E-state index is 2.66. The average molecular weight is 305 g/mol. The third kappa shape index (κ3) is 2.61. The SMILES string of the molecule is Cc1ccc([C@H]2CC3CCC([C@H]2c2ccc(C)cc2)N3C)cc1. The Bertz CT molecular complexity index is 670. The quantitative estimate of drug-likeness (QED) is 0.751. The molecule has 4 atom stereocenters. The molecular formula is C22H27N. The topological polar surface area (TPSA) is 3.24 Å². The standard InChI is InChI=1S/C22H27N/c1-15-4-8-17(9-5-15)20-14-19-12-13-21(23(19)3)22(20)18-10-6-16(2)7-11-18/h4-11,19-22H,12-14H2,1-3H3/t19?,20-,21?,22+/m1/s1. The van der Waals surface area contributed by atoms with E-state index < -0.39 is 0 Å². The van der Waals surface area contributed by atoms with Gasteiger partial charge in [0.15, 0.2) is 0 Å². The van der Waals surface area contributed by atoms with Gasteiger partial charge < -0.3 is 0 Å². The van der Waals surface area contributed by atoms with E-state index in [1.165, 1.54) is 41.5 Å². The molecule has 2 aromatic rings. The van der Waals surface area contributed by atoms with Crippen molar-refractivity contribution in [2.24, 2.45) is 0 Å². The van der Waals surface area contributed by atoms with Crippen molar-refractivity contribution >= 4 is 0 Å². The van der Waals surface area contributed by atoms with Crippen LogP contribution >= 0.6 is 0 Å². The van der Waals surface area contributed by atoms with Gasteiger partial charge in [0, 0.05) is 18.0 Å². The maximum Gasteiger partial charge on any atom is 0.0170 e. The van der Waals surface area contributed by atoms with Crippen molar-refractivity contribution in [1.29, 1.82) is 0 Å². The second kappa shape index (κ2) is 5.79. The minimum absolute atomic E-state index is 0.627. The van der Waals surface area contributed by atoms with Crippen LogP contribution in [0.2, 0.25) is 0 Å². The number of aryl methyl sites for hydroxylation is 2. The van der Waals surface area contributed by atoms with Crippen molar-refractivity contribution < 1.29 is 0 Å². The Morgan fingerprint density at radius 1 is 0.783 bits per heavy atom. The maximum absolute atomic E-state index is 2.66. The summed E-state index contributed by atoms with van der Waals surface area (Å²) in [6, 6.07) is 20.1. The van der Waals surface area contributed by atoms with E-state index >= 15 is 0 Å². The van der Waals surface area contributed by atoms with Crippen LogP contribution in [0.4, 0.5) is 0 Å². The highest BCUT2D eigenvalue weighted by atomic mass is 15.2. The Morgan fingerprint density at radius 3 is 1.96 bits per heavy atom. The number of likely N-dealkylation sites (N-methyl/N-ethyl adjacent to an activating group) is 1. The number of nitrogens with zero attached hydrogens (tertiary/aromatic N) is 1. The summed E-state index contributed by atoms with van der Waals surface area (Å²) in [6.45, 7) is 4.36. The molecule has 2 aliphatic heterocycles. The van der Waals surface area contributed by atoms with Gasteiger partial charge in [-0.15, -0.1) is 0 Å². The second-order valence-corrected chi connectivity index (χ2v) is 7.65. The Hall–Kier alpha value is -1.60. The first-order chi connectivity index (χ1) is 11.1. The van der Waals surface area contributed by atoms with Gasteiger partial charge in [0.05, 0.1) is 0 Å². The molecule has 0 N–H and O–H groups in total. The van der Waals surface area contributed by atoms with E-state index in [4.69, 9.17) is 0 Å². The zero-order valence-electron chi connectivity index (χ0n) is 14.5. The fourth-order valence-electron chi connectivity index (χ4n) is 4.87. The van der Waals surface area contributed by atoms with Gasteiger partial charge >= 0.3 is 0 Å². The highest BCUT2D eigenvalue weighted by molar-refractivity contribution is 5.35. The van der Waals surface area contributed by atoms with Gasteiger partial charge in [0.1, 0.15) is 0 Å². The molecule has 0 radical (unpaired) electrons. The first kappa shape index (κ1) is 15.0. The third-order valence-electron chi connectivity index (χ3n) is 6.24. The fourth-order valence-corrected chi connectivity index (χ4v) is 4.87. The number of piperidine rings is 1. The lowest BCUT2D eigenvalue weighted by Gasteiger charge is -2.43. The highest BCUT2D eigenvalue weighted by Crippen LogP contribution is 2.50. The molecule has 2 heterocycles. The molecule has 0 aromatic heterocycles. The minimum Gasteiger partial charge on any atom is -0.300 e. The molecule has 0 spiro atoms. The summed E-state index contributed by atoms with van der Waals surface area (Å²) < 4.78 is 0. The number of fused-ring (bicyclic) bond motifs is 2. The number of rotatable bonds is 2. The predicted molar refractivity (Wildman–Crippen MR) is 97.0 cm³/mol. The molecule has 0 amide bonds. The van der Waals surface area contributed by atoms with E-state index in [-0.39, 0.29) is 0 Å². The monoisotopic (exact) mass is 305 g/mol. The Kier molecular flexibility index (Phi) is 3.77. The van der Waals surface area contributed by atoms with Gasteiger partial charge in [0.2, 0.25) is 0 Å². The lowest BCUT2D eigenvalue weighted by molar-refractivity contribution is 0.137. The van der Waals surface area contributed by atoms with Crippen molar-refractivity contribution in [1.82, 2.24) is 4.90 Å². The zero-order chi connectivity index (χ0) is 16.0. The molecule has 0 saturated carbocycles. The Balaban J connectivity index is 1.76. The van der Waals surface area contributed by atoms with Crippen LogP contribution in [-0.2, 0) is 0 Å². The van der Waals surface area contributed by atoms with E-state index in [0.717, 1.165) is 6.04 Å². The summed E-state index contributed by atoms with van der Waals surface area (Å²) in [5.74, 6) is 1.29. The molecule has 23 heavy (non-hydrogen) atoms. The summed E-state index contributed by atoms with van der Waals surface area (Å²) >= 11 is 0. The summed E-state index contributed by atoms with van der Waals surface area (Å²) in [5.41, 5.74) is 5.77. The van der Waals surface area contributed by atoms with Crippen LogP contribution in [0.25, 0.3) is 0 Å². The van der Waals surface area contributed by atoms with E-state index in [9.17, 15) is 0 Å². The molecule has 0 aliphatic carbocycles. The van der Waals surface area contributed by atoms with E-state index in [1.807, 2.05) is 0 Å². The van der Waals surface area contributed by atoms with Crippen molar-refractivity contribution in [3.63, 3.8) is 0 Å². The predicted octanol–water partition coefficient (Wildman–Crippen LogP) is 5.04. The fraction of sp³-hybridized carbons (Fsp3) is 0.455. The van der Waals surface area contributed by atoms with Crippen LogP contribution in [0.5, 0.6) is 0 Å². The largest absolute Gasteiger partial charge is 0.300 e. The molecular weight excluding hydrogens is 278 g/mol. The summed E-state index contributed by atoms with van der Waals surface area (Å²) in [6.07, 6.45) is 4.02. The van der Waals surface area contributed by atoms with Gasteiger partial charge in [-0.2, -0.15) is 0 Å². The van der Waals surface area contributed by atoms with Crippen molar-refractivity contribution in [2.75, 3.05) is 7.05 Å². The van der Waals surface area contributed by atoms with Crippen molar-refractivity contribution in [3.8, 4) is 0 Å². The molecule has 2 aliphatic rings. The smallest absolute Gasteiger partial charge is 0.0170 e. The summed E-state index contributed by atoms with van der Waals surface area (Å²) in [4.78, 5) is 2.66. The molecule has 4 rings (SSSR count). The van der Waals surface area contributed by atoms with Crippen molar-refractivity contribution in [3.05, 3.63) is 70.8 Å². The molecule has 2 bridgehead atoms. The Labute approximate surface area is 140 Å². The van der Waals surface area contributed by atoms with E-state index in [1.54, 1.807) is 0 Å². The molecule has 2 unspecified atom stereocenters. The number of hydrogen-bond donors (Lipinski definition) is 0. The van der Waals surface area contributed by atoms with E-state index in [2.05, 4.69) is 74.3 Å². The van der Waals surface area contributed by atoms with Crippen LogP contribution in [0.1, 0.15) is 53.4 Å². The highest BCUT2D eigenvalue weighted by Gasteiger charge is 2.46. The first-order valence-corrected chi connectivity index (χ1v) is 8.98. The normalized spacial score (nSPS) is 30.6. The molecule has 1 heteroatoms. The molecule has 2 aromatic carbocycles. The lowest BCUT2D eigenvalue weighted by Crippen LogP contribution is -2.44. The third-order valence-corrected chi connectivity index (χ3v) is 6.24. The van der Waals surface area contributed by atoms with Crippen LogP contribution in [-0.4, -0.2) is 24.0 Å². The van der Waals surface area contributed by atoms with E-state index in [0.29, 0.717) is 17.9 Å². The Morgan fingerprint density at radius 2 is 1.35 bits per heavy atom. The van der Waals surface area contributed by atoms with Crippen LogP contribution < -0.4 is 0 Å². The average Bonchev–Trinajstić information content (AvgIpc) is 2.80. The van der Waals surface area contributed by atoms with Gasteiger partial charge in [-0.05, 0) is 57.2 Å². The van der Waals surface area contributed by atoms with Gasteiger partial charge in [-0.25, -0.2) is 0 Å². The molecule has 1 nitrogen and oxygen atoms in total. The first-order valence-electron chi connectivity index (χ1n) is 8.98.